The van der Waals surface area contributed by atoms with E-state index in [0.717, 1.165) is 16.6 Å². The average molecular weight is 286 g/mol. The molecule has 0 aromatic heterocycles. The first-order valence-corrected chi connectivity index (χ1v) is 6.35. The van der Waals surface area contributed by atoms with E-state index in [0.29, 0.717) is 12.7 Å². The molecule has 16 heavy (non-hydrogen) atoms. The average Bonchev–Trinajstić information content (AvgIpc) is 2.22. The fraction of sp³-hybridized carbons (Fsp3) is 0.500. The molecule has 3 nitrogen and oxygen atoms in total. The summed E-state index contributed by atoms with van der Waals surface area (Å²) >= 11 is 3.52. The molecule has 0 spiro atoms. The number of nitrogens with two attached hydrogens (primary N) is 1. The van der Waals surface area contributed by atoms with Crippen LogP contribution in [-0.4, -0.2) is 12.7 Å². The van der Waals surface area contributed by atoms with Crippen LogP contribution in [0.3, 0.4) is 0 Å². The van der Waals surface area contributed by atoms with Crippen LogP contribution in [0, 0.1) is 0 Å². The van der Waals surface area contributed by atoms with Crippen LogP contribution in [0.25, 0.3) is 0 Å². The Bertz CT molecular complexity index is 353. The van der Waals surface area contributed by atoms with Crippen molar-refractivity contribution in [2.24, 2.45) is 5.90 Å². The van der Waals surface area contributed by atoms with Gasteiger partial charge in [0.1, 0.15) is 5.75 Å². The quantitative estimate of drug-likeness (QED) is 0.846. The lowest BCUT2D eigenvalue weighted by molar-refractivity contribution is 0.119. The van der Waals surface area contributed by atoms with Gasteiger partial charge in [-0.1, -0.05) is 6.07 Å². The molecule has 4 heteroatoms. The molecule has 1 aromatic carbocycles. The van der Waals surface area contributed by atoms with E-state index in [9.17, 15) is 0 Å². The van der Waals surface area contributed by atoms with Gasteiger partial charge in [-0.2, -0.15) is 0 Å². The van der Waals surface area contributed by atoms with Crippen molar-refractivity contribution in [3.05, 3.63) is 28.2 Å². The summed E-state index contributed by atoms with van der Waals surface area (Å²) in [6.45, 7) is 0.537. The van der Waals surface area contributed by atoms with E-state index in [1.165, 1.54) is 24.8 Å². The Labute approximate surface area is 104 Å². The van der Waals surface area contributed by atoms with Crippen LogP contribution in [0.1, 0.15) is 24.8 Å². The highest BCUT2D eigenvalue weighted by Crippen LogP contribution is 2.31. The number of halogens is 1. The second-order valence-electron chi connectivity index (χ2n) is 4.06. The molecule has 1 aliphatic rings. The maximum absolute atomic E-state index is 5.84. The van der Waals surface area contributed by atoms with E-state index >= 15 is 0 Å². The minimum Gasteiger partial charge on any atom is -0.489 e. The zero-order chi connectivity index (χ0) is 11.4. The predicted molar refractivity (Wildman–Crippen MR) is 66.3 cm³/mol. The molecule has 0 amide bonds. The van der Waals surface area contributed by atoms with Gasteiger partial charge in [-0.25, -0.2) is 5.90 Å². The van der Waals surface area contributed by atoms with E-state index in [-0.39, 0.29) is 0 Å². The summed E-state index contributed by atoms with van der Waals surface area (Å²) < 4.78 is 6.85. The van der Waals surface area contributed by atoms with Gasteiger partial charge in [-0.15, -0.1) is 0 Å². The molecule has 1 saturated carbocycles. The monoisotopic (exact) mass is 285 g/mol. The van der Waals surface area contributed by atoms with Crippen LogP contribution in [0.2, 0.25) is 0 Å². The molecular formula is C12H16BrNO2. The number of hydrogen-bond donors (Lipinski definition) is 1. The van der Waals surface area contributed by atoms with Crippen molar-refractivity contribution < 1.29 is 9.57 Å². The van der Waals surface area contributed by atoms with E-state index < -0.39 is 0 Å². The van der Waals surface area contributed by atoms with E-state index in [1.54, 1.807) is 0 Å². The maximum Gasteiger partial charge on any atom is 0.133 e. The van der Waals surface area contributed by atoms with Crippen molar-refractivity contribution in [3.8, 4) is 5.75 Å². The Kier molecular flexibility index (Phi) is 4.21. The van der Waals surface area contributed by atoms with E-state index in [1.807, 2.05) is 6.07 Å². The highest BCUT2D eigenvalue weighted by Gasteiger charge is 2.19. The number of benzene rings is 1. The molecule has 1 aromatic rings. The molecule has 0 bridgehead atoms. The van der Waals surface area contributed by atoms with Crippen LogP contribution in [-0.2, 0) is 11.3 Å². The molecule has 0 unspecified atom stereocenters. The molecule has 1 fully saturated rings. The van der Waals surface area contributed by atoms with Crippen molar-refractivity contribution in [1.29, 1.82) is 0 Å². The first kappa shape index (κ1) is 11.9. The zero-order valence-corrected chi connectivity index (χ0v) is 10.7. The molecule has 2 N–H and O–H groups in total. The fourth-order valence-corrected chi connectivity index (χ4v) is 2.16. The summed E-state index contributed by atoms with van der Waals surface area (Å²) in [6, 6.07) is 6.12. The highest BCUT2D eigenvalue weighted by molar-refractivity contribution is 9.10. The SMILES string of the molecule is NOCCc1ccc(OC2CCC2)c(Br)c1. The van der Waals surface area contributed by atoms with Crippen molar-refractivity contribution in [1.82, 2.24) is 0 Å². The Morgan fingerprint density at radius 3 is 2.75 bits per heavy atom. The highest BCUT2D eigenvalue weighted by atomic mass is 79.9. The summed E-state index contributed by atoms with van der Waals surface area (Å²) in [4.78, 5) is 4.56. The summed E-state index contributed by atoms with van der Waals surface area (Å²) in [5.41, 5.74) is 1.19. The minimum absolute atomic E-state index is 0.412. The van der Waals surface area contributed by atoms with Gasteiger partial charge in [-0.05, 0) is 59.3 Å². The fourth-order valence-electron chi connectivity index (χ4n) is 1.64. The molecule has 0 heterocycles. The summed E-state index contributed by atoms with van der Waals surface area (Å²) in [5, 5.41) is 0. The van der Waals surface area contributed by atoms with Crippen LogP contribution >= 0.6 is 15.9 Å². The Morgan fingerprint density at radius 1 is 1.38 bits per heavy atom. The number of ether oxygens (including phenoxy) is 1. The van der Waals surface area contributed by atoms with Crippen LogP contribution in [0.4, 0.5) is 0 Å². The van der Waals surface area contributed by atoms with Gasteiger partial charge in [0, 0.05) is 0 Å². The second-order valence-corrected chi connectivity index (χ2v) is 4.91. The van der Waals surface area contributed by atoms with Crippen LogP contribution in [0.15, 0.2) is 22.7 Å². The summed E-state index contributed by atoms with van der Waals surface area (Å²) in [6.07, 6.45) is 4.87. The molecule has 88 valence electrons. The standard InChI is InChI=1S/C12H16BrNO2/c13-11-8-9(6-7-15-14)4-5-12(11)16-10-2-1-3-10/h4-5,8,10H,1-3,6-7,14H2. The predicted octanol–water partition coefficient (Wildman–Crippen LogP) is 2.81. The van der Waals surface area contributed by atoms with Gasteiger partial charge in [-0.3, -0.25) is 0 Å². The van der Waals surface area contributed by atoms with Crippen LogP contribution in [0.5, 0.6) is 5.75 Å². The molecular weight excluding hydrogens is 270 g/mol. The topological polar surface area (TPSA) is 44.5 Å². The maximum atomic E-state index is 5.84. The molecule has 0 saturated heterocycles. The second kappa shape index (κ2) is 5.66. The normalized spacial score (nSPS) is 15.9. The van der Waals surface area contributed by atoms with Gasteiger partial charge in [0.15, 0.2) is 0 Å². The Hall–Kier alpha value is -0.580. The van der Waals surface area contributed by atoms with Gasteiger partial charge in [0.25, 0.3) is 0 Å². The number of hydrogen-bond acceptors (Lipinski definition) is 3. The smallest absolute Gasteiger partial charge is 0.133 e. The largest absolute Gasteiger partial charge is 0.489 e. The van der Waals surface area contributed by atoms with E-state index in [4.69, 9.17) is 10.6 Å². The third-order valence-corrected chi connectivity index (χ3v) is 3.47. The molecule has 0 atom stereocenters. The van der Waals surface area contributed by atoms with Gasteiger partial charge >= 0.3 is 0 Å². The van der Waals surface area contributed by atoms with Crippen molar-refractivity contribution in [2.45, 2.75) is 31.8 Å². The summed E-state index contributed by atoms with van der Waals surface area (Å²) in [7, 11) is 0. The summed E-state index contributed by atoms with van der Waals surface area (Å²) in [5.74, 6) is 5.93. The lowest BCUT2D eigenvalue weighted by atomic mass is 9.96. The molecule has 2 rings (SSSR count). The van der Waals surface area contributed by atoms with Gasteiger partial charge < -0.3 is 9.57 Å². The zero-order valence-electron chi connectivity index (χ0n) is 9.12. The lowest BCUT2D eigenvalue weighted by Crippen LogP contribution is -2.24. The van der Waals surface area contributed by atoms with E-state index in [2.05, 4.69) is 32.9 Å². The third-order valence-electron chi connectivity index (χ3n) is 2.85. The lowest BCUT2D eigenvalue weighted by Gasteiger charge is -2.27. The van der Waals surface area contributed by atoms with Crippen molar-refractivity contribution in [3.63, 3.8) is 0 Å². The first-order valence-electron chi connectivity index (χ1n) is 5.56. The van der Waals surface area contributed by atoms with Crippen molar-refractivity contribution >= 4 is 15.9 Å². The van der Waals surface area contributed by atoms with Gasteiger partial charge in [0.05, 0.1) is 17.2 Å². The van der Waals surface area contributed by atoms with Crippen LogP contribution < -0.4 is 10.6 Å². The Balaban J connectivity index is 1.97. The Morgan fingerprint density at radius 2 is 2.19 bits per heavy atom. The molecule has 0 aliphatic heterocycles. The first-order chi connectivity index (χ1) is 7.79. The molecule has 0 radical (unpaired) electrons. The minimum atomic E-state index is 0.412. The number of rotatable bonds is 5. The molecule has 1 aliphatic carbocycles. The van der Waals surface area contributed by atoms with Crippen molar-refractivity contribution in [2.75, 3.05) is 6.61 Å². The van der Waals surface area contributed by atoms with Gasteiger partial charge in [0.2, 0.25) is 0 Å². The third kappa shape index (κ3) is 2.97.